The van der Waals surface area contributed by atoms with Crippen molar-refractivity contribution < 1.29 is 0 Å². The van der Waals surface area contributed by atoms with Gasteiger partial charge in [-0.15, -0.1) is 0 Å². The molecule has 3 heterocycles. The quantitative estimate of drug-likeness (QED) is 0.602. The molecule has 0 amide bonds. The zero-order valence-electron chi connectivity index (χ0n) is 8.84. The summed E-state index contributed by atoms with van der Waals surface area (Å²) in [5.74, 6) is 0. The highest BCUT2D eigenvalue weighted by molar-refractivity contribution is 5.25. The van der Waals surface area contributed by atoms with Crippen LogP contribution >= 0.6 is 0 Å². The molecule has 2 unspecified atom stereocenters. The van der Waals surface area contributed by atoms with Crippen molar-refractivity contribution in [2.45, 2.75) is 32.0 Å². The highest BCUT2D eigenvalue weighted by Crippen LogP contribution is 2.21. The van der Waals surface area contributed by atoms with Gasteiger partial charge in [0.1, 0.15) is 0 Å². The molecular formula is C10H16N4O. The van der Waals surface area contributed by atoms with E-state index in [4.69, 9.17) is 0 Å². The van der Waals surface area contributed by atoms with E-state index in [1.54, 1.807) is 0 Å². The van der Waals surface area contributed by atoms with E-state index in [9.17, 15) is 4.79 Å². The first-order chi connectivity index (χ1) is 7.27. The molecule has 0 radical (unpaired) electrons. The molecular weight excluding hydrogens is 192 g/mol. The minimum absolute atomic E-state index is 0.163. The van der Waals surface area contributed by atoms with Gasteiger partial charge in [-0.3, -0.25) is 9.89 Å². The summed E-state index contributed by atoms with van der Waals surface area (Å²) in [7, 11) is 0. The van der Waals surface area contributed by atoms with Crippen molar-refractivity contribution in [2.24, 2.45) is 0 Å². The minimum Gasteiger partial charge on any atom is -0.315 e. The number of hydrogen-bond donors (Lipinski definition) is 3. The van der Waals surface area contributed by atoms with Gasteiger partial charge in [0.25, 0.3) is 5.56 Å². The molecule has 2 atom stereocenters. The maximum atomic E-state index is 12.1. The Hall–Kier alpha value is -1.07. The van der Waals surface area contributed by atoms with Crippen LogP contribution in [0.15, 0.2) is 4.79 Å². The van der Waals surface area contributed by atoms with Crippen LogP contribution in [-0.2, 0) is 6.54 Å². The van der Waals surface area contributed by atoms with Crippen LogP contribution in [0.1, 0.15) is 36.7 Å². The van der Waals surface area contributed by atoms with E-state index in [2.05, 4.69) is 15.7 Å². The van der Waals surface area contributed by atoms with Crippen LogP contribution in [0, 0.1) is 0 Å². The highest BCUT2D eigenvalue weighted by Gasteiger charge is 2.28. The summed E-state index contributed by atoms with van der Waals surface area (Å²) in [5, 5.41) is 9.78. The van der Waals surface area contributed by atoms with Gasteiger partial charge in [-0.25, -0.2) is 4.68 Å². The molecule has 0 saturated carbocycles. The summed E-state index contributed by atoms with van der Waals surface area (Å²) in [6.07, 6.45) is 1.04. The van der Waals surface area contributed by atoms with Crippen molar-refractivity contribution in [3.05, 3.63) is 21.6 Å². The summed E-state index contributed by atoms with van der Waals surface area (Å²) < 4.78 is 1.81. The maximum absolute atomic E-state index is 12.1. The van der Waals surface area contributed by atoms with Crippen molar-refractivity contribution in [3.63, 3.8) is 0 Å². The van der Waals surface area contributed by atoms with Crippen molar-refractivity contribution in [3.8, 4) is 0 Å². The zero-order chi connectivity index (χ0) is 10.4. The smallest absolute Gasteiger partial charge is 0.271 e. The lowest BCUT2D eigenvalue weighted by Crippen LogP contribution is -2.28. The second-order valence-corrected chi connectivity index (χ2v) is 4.43. The largest absolute Gasteiger partial charge is 0.315 e. The number of hydrogen-bond acceptors (Lipinski definition) is 3. The Bertz CT molecular complexity index is 427. The molecule has 0 spiro atoms. The Balaban J connectivity index is 2.04. The first kappa shape index (κ1) is 9.18. The van der Waals surface area contributed by atoms with Gasteiger partial charge in [-0.1, -0.05) is 0 Å². The van der Waals surface area contributed by atoms with E-state index >= 15 is 0 Å². The molecule has 3 rings (SSSR count). The van der Waals surface area contributed by atoms with Gasteiger partial charge < -0.3 is 10.6 Å². The molecule has 0 aliphatic carbocycles. The molecule has 5 heteroatoms. The van der Waals surface area contributed by atoms with Crippen LogP contribution < -0.4 is 16.2 Å². The normalized spacial score (nSPS) is 29.7. The fourth-order valence-electron chi connectivity index (χ4n) is 2.57. The molecule has 1 fully saturated rings. The molecule has 1 saturated heterocycles. The van der Waals surface area contributed by atoms with Crippen molar-refractivity contribution >= 4 is 0 Å². The van der Waals surface area contributed by atoms with E-state index in [1.165, 1.54) is 0 Å². The number of H-pyrrole nitrogens is 1. The third-order valence-electron chi connectivity index (χ3n) is 3.45. The van der Waals surface area contributed by atoms with E-state index in [1.807, 2.05) is 11.6 Å². The lowest BCUT2D eigenvalue weighted by molar-refractivity contribution is 0.463. The number of rotatable bonds is 1. The third kappa shape index (κ3) is 1.27. The number of aromatic amines is 1. The molecule has 1 aromatic rings. The number of fused-ring (bicyclic) bond motifs is 1. The molecule has 15 heavy (non-hydrogen) atoms. The Morgan fingerprint density at radius 3 is 3.00 bits per heavy atom. The molecule has 2 aliphatic rings. The maximum Gasteiger partial charge on any atom is 0.271 e. The average Bonchev–Trinajstić information content (AvgIpc) is 2.86. The van der Waals surface area contributed by atoms with Gasteiger partial charge in [0.15, 0.2) is 0 Å². The fraction of sp³-hybridized carbons (Fsp3) is 0.700. The molecule has 2 aliphatic heterocycles. The summed E-state index contributed by atoms with van der Waals surface area (Å²) in [4.78, 5) is 12.1. The average molecular weight is 208 g/mol. The first-order valence-electron chi connectivity index (χ1n) is 5.54. The Morgan fingerprint density at radius 1 is 1.47 bits per heavy atom. The predicted octanol–water partition coefficient (Wildman–Crippen LogP) is -0.125. The molecule has 3 N–H and O–H groups in total. The number of nitrogens with one attached hydrogen (secondary N) is 3. The topological polar surface area (TPSA) is 61.9 Å². The summed E-state index contributed by atoms with van der Waals surface area (Å²) >= 11 is 0. The van der Waals surface area contributed by atoms with Crippen LogP contribution in [0.4, 0.5) is 0 Å². The monoisotopic (exact) mass is 208 g/mol. The lowest BCUT2D eigenvalue weighted by atomic mass is 10.2. The first-order valence-corrected chi connectivity index (χ1v) is 5.54. The fourth-order valence-corrected chi connectivity index (χ4v) is 2.57. The standard InChI is InChI=1S/C10H16N4O/c1-6-9-8(5-12-6)13-14(10(9)15)7-2-3-11-4-7/h6-7,11-13H,2-5H2,1H3. The Morgan fingerprint density at radius 2 is 2.33 bits per heavy atom. The van der Waals surface area contributed by atoms with Gasteiger partial charge in [-0.05, 0) is 19.9 Å². The van der Waals surface area contributed by atoms with Crippen molar-refractivity contribution in [1.82, 2.24) is 20.4 Å². The van der Waals surface area contributed by atoms with Crippen LogP contribution in [0.5, 0.6) is 0 Å². The van der Waals surface area contributed by atoms with E-state index in [0.29, 0.717) is 6.04 Å². The van der Waals surface area contributed by atoms with Crippen LogP contribution in [-0.4, -0.2) is 22.9 Å². The Labute approximate surface area is 87.8 Å². The molecule has 0 aromatic carbocycles. The van der Waals surface area contributed by atoms with E-state index in [-0.39, 0.29) is 11.6 Å². The molecule has 82 valence electrons. The van der Waals surface area contributed by atoms with Crippen molar-refractivity contribution in [1.29, 1.82) is 0 Å². The van der Waals surface area contributed by atoms with E-state index < -0.39 is 0 Å². The van der Waals surface area contributed by atoms with Gasteiger partial charge in [0.2, 0.25) is 0 Å². The highest BCUT2D eigenvalue weighted by atomic mass is 16.1. The number of aromatic nitrogens is 2. The molecule has 1 aromatic heterocycles. The van der Waals surface area contributed by atoms with Crippen LogP contribution in [0.3, 0.4) is 0 Å². The summed E-state index contributed by atoms with van der Waals surface area (Å²) in [6.45, 7) is 4.74. The van der Waals surface area contributed by atoms with Gasteiger partial charge in [0, 0.05) is 19.1 Å². The second kappa shape index (κ2) is 3.21. The predicted molar refractivity (Wildman–Crippen MR) is 56.8 cm³/mol. The van der Waals surface area contributed by atoms with Crippen LogP contribution in [0.25, 0.3) is 0 Å². The Kier molecular flexibility index (Phi) is 1.97. The van der Waals surface area contributed by atoms with Crippen LogP contribution in [0.2, 0.25) is 0 Å². The van der Waals surface area contributed by atoms with Gasteiger partial charge in [-0.2, -0.15) is 0 Å². The second-order valence-electron chi connectivity index (χ2n) is 4.43. The zero-order valence-corrected chi connectivity index (χ0v) is 8.84. The summed E-state index contributed by atoms with van der Waals surface area (Å²) in [6, 6.07) is 0.509. The van der Waals surface area contributed by atoms with Gasteiger partial charge >= 0.3 is 0 Å². The van der Waals surface area contributed by atoms with Gasteiger partial charge in [0.05, 0.1) is 17.3 Å². The third-order valence-corrected chi connectivity index (χ3v) is 3.45. The number of nitrogens with zero attached hydrogens (tertiary/aromatic N) is 1. The summed E-state index contributed by atoms with van der Waals surface area (Å²) in [5.41, 5.74) is 2.16. The molecule has 0 bridgehead atoms. The SMILES string of the molecule is CC1NCc2[nH]n(C3CCNC3)c(=O)c21. The van der Waals surface area contributed by atoms with Crippen molar-refractivity contribution in [2.75, 3.05) is 13.1 Å². The minimum atomic E-state index is 0.163. The molecule has 5 nitrogen and oxygen atoms in total. The lowest BCUT2D eigenvalue weighted by Gasteiger charge is -2.10. The van der Waals surface area contributed by atoms with E-state index in [0.717, 1.165) is 37.3 Å².